The van der Waals surface area contributed by atoms with Crippen molar-refractivity contribution < 1.29 is 23.1 Å². The van der Waals surface area contributed by atoms with Gasteiger partial charge in [0.1, 0.15) is 5.54 Å². The normalized spacial score (nSPS) is 23.8. The Hall–Kier alpha value is -1.93. The molecule has 1 aliphatic rings. The van der Waals surface area contributed by atoms with Gasteiger partial charge in [-0.2, -0.15) is 0 Å². The number of hydrogen-bond acceptors (Lipinski definition) is 4. The van der Waals surface area contributed by atoms with Gasteiger partial charge in [-0.05, 0) is 62.9 Å². The second kappa shape index (κ2) is 7.53. The Morgan fingerprint density at radius 1 is 1.20 bits per heavy atom. The van der Waals surface area contributed by atoms with Crippen LogP contribution in [0.1, 0.15) is 49.4 Å². The molecule has 138 valence electrons. The Bertz CT molecular complexity index is 735. The van der Waals surface area contributed by atoms with Crippen LogP contribution in [-0.2, 0) is 14.8 Å². The number of hydrogen-bond donors (Lipinski definition) is 3. The quantitative estimate of drug-likeness (QED) is 0.708. The van der Waals surface area contributed by atoms with E-state index in [2.05, 4.69) is 17.0 Å². The predicted octanol–water partition coefficient (Wildman–Crippen LogP) is 1.75. The fourth-order valence-electron chi connectivity index (χ4n) is 3.16. The van der Waals surface area contributed by atoms with Gasteiger partial charge in [-0.1, -0.05) is 13.3 Å². The third-order valence-corrected chi connectivity index (χ3v) is 6.42. The fourth-order valence-corrected chi connectivity index (χ4v) is 3.89. The van der Waals surface area contributed by atoms with E-state index in [1.807, 2.05) is 0 Å². The highest BCUT2D eigenvalue weighted by molar-refractivity contribution is 7.89. The summed E-state index contributed by atoms with van der Waals surface area (Å²) >= 11 is 0. The largest absolute Gasteiger partial charge is 0.480 e. The molecule has 1 aliphatic carbocycles. The highest BCUT2D eigenvalue weighted by Gasteiger charge is 2.43. The van der Waals surface area contributed by atoms with Crippen LogP contribution >= 0.6 is 0 Å². The summed E-state index contributed by atoms with van der Waals surface area (Å²) in [5.74, 6) is -1.04. The molecule has 0 radical (unpaired) electrons. The Kier molecular flexibility index (Phi) is 5.84. The molecule has 2 rings (SSSR count). The Labute approximate surface area is 147 Å². The molecule has 0 heterocycles. The lowest BCUT2D eigenvalue weighted by atomic mass is 9.75. The molecular formula is C17H24N2O5S. The fraction of sp³-hybridized carbons (Fsp3) is 0.529. The van der Waals surface area contributed by atoms with Crippen molar-refractivity contribution in [2.24, 2.45) is 5.92 Å². The zero-order chi connectivity index (χ0) is 18.7. The van der Waals surface area contributed by atoms with Gasteiger partial charge in [-0.3, -0.25) is 4.79 Å². The monoisotopic (exact) mass is 368 g/mol. The number of sulfonamides is 1. The number of aliphatic carboxylic acids is 1. The summed E-state index contributed by atoms with van der Waals surface area (Å²) in [6, 6.07) is 5.41. The van der Waals surface area contributed by atoms with Gasteiger partial charge in [0.05, 0.1) is 4.90 Å². The van der Waals surface area contributed by atoms with Crippen LogP contribution in [0.2, 0.25) is 0 Å². The predicted molar refractivity (Wildman–Crippen MR) is 92.8 cm³/mol. The van der Waals surface area contributed by atoms with Gasteiger partial charge in [-0.25, -0.2) is 17.9 Å². The molecule has 0 unspecified atom stereocenters. The number of carbonyl (C=O) groups is 2. The van der Waals surface area contributed by atoms with Gasteiger partial charge in [0, 0.05) is 5.56 Å². The van der Waals surface area contributed by atoms with Crippen LogP contribution in [0.15, 0.2) is 29.2 Å². The number of carboxylic acid groups (broad SMARTS) is 1. The first kappa shape index (κ1) is 19.4. The lowest BCUT2D eigenvalue weighted by molar-refractivity contribution is -0.146. The van der Waals surface area contributed by atoms with Crippen molar-refractivity contribution in [2.75, 3.05) is 7.05 Å². The minimum atomic E-state index is -3.58. The maximum atomic E-state index is 12.5. The van der Waals surface area contributed by atoms with Gasteiger partial charge in [0.15, 0.2) is 0 Å². The summed E-state index contributed by atoms with van der Waals surface area (Å²) in [4.78, 5) is 24.3. The zero-order valence-electron chi connectivity index (χ0n) is 14.4. The molecule has 0 aromatic heterocycles. The molecule has 0 saturated heterocycles. The minimum Gasteiger partial charge on any atom is -0.480 e. The number of carboxylic acids is 1. The molecule has 7 nitrogen and oxygen atoms in total. The second-order valence-corrected chi connectivity index (χ2v) is 8.31. The lowest BCUT2D eigenvalue weighted by Crippen LogP contribution is -2.56. The smallest absolute Gasteiger partial charge is 0.329 e. The Balaban J connectivity index is 2.16. The Morgan fingerprint density at radius 3 is 2.20 bits per heavy atom. The standard InChI is InChI=1S/C17H24N2O5S/c1-3-12-8-10-17(11-9-12,16(21)22)19-15(20)13-4-6-14(7-5-13)25(23,24)18-2/h4-7,12,18H,3,8-11H2,1-2H3,(H,19,20)(H,21,22). The lowest BCUT2D eigenvalue weighted by Gasteiger charge is -2.37. The Morgan fingerprint density at radius 2 is 1.76 bits per heavy atom. The summed E-state index contributed by atoms with van der Waals surface area (Å²) in [5, 5.41) is 12.3. The van der Waals surface area contributed by atoms with E-state index in [0.717, 1.165) is 19.3 Å². The van der Waals surface area contributed by atoms with E-state index in [-0.39, 0.29) is 10.5 Å². The number of amides is 1. The molecule has 25 heavy (non-hydrogen) atoms. The zero-order valence-corrected chi connectivity index (χ0v) is 15.2. The molecule has 1 amide bonds. The average molecular weight is 368 g/mol. The van der Waals surface area contributed by atoms with Crippen molar-refractivity contribution in [3.05, 3.63) is 29.8 Å². The number of nitrogens with one attached hydrogen (secondary N) is 2. The summed E-state index contributed by atoms with van der Waals surface area (Å²) in [5.41, 5.74) is -1.02. The van der Waals surface area contributed by atoms with E-state index in [0.29, 0.717) is 18.8 Å². The van der Waals surface area contributed by atoms with Crippen LogP contribution in [0.25, 0.3) is 0 Å². The van der Waals surface area contributed by atoms with Crippen molar-refractivity contribution in [3.63, 3.8) is 0 Å². The molecule has 1 saturated carbocycles. The van der Waals surface area contributed by atoms with Gasteiger partial charge in [0.2, 0.25) is 10.0 Å². The first-order valence-electron chi connectivity index (χ1n) is 8.33. The van der Waals surface area contributed by atoms with Gasteiger partial charge < -0.3 is 10.4 Å². The third-order valence-electron chi connectivity index (χ3n) is 4.99. The van der Waals surface area contributed by atoms with Gasteiger partial charge in [-0.15, -0.1) is 0 Å². The van der Waals surface area contributed by atoms with Gasteiger partial charge in [0.25, 0.3) is 5.91 Å². The molecule has 3 N–H and O–H groups in total. The van der Waals surface area contributed by atoms with Crippen molar-refractivity contribution in [1.29, 1.82) is 0 Å². The van der Waals surface area contributed by atoms with Crippen LogP contribution in [0.3, 0.4) is 0 Å². The topological polar surface area (TPSA) is 113 Å². The summed E-state index contributed by atoms with van der Waals surface area (Å²) in [7, 11) is -2.27. The molecule has 8 heteroatoms. The molecule has 1 aromatic carbocycles. The van der Waals surface area contributed by atoms with Crippen molar-refractivity contribution in [3.8, 4) is 0 Å². The van der Waals surface area contributed by atoms with E-state index < -0.39 is 27.4 Å². The number of benzene rings is 1. The highest BCUT2D eigenvalue weighted by Crippen LogP contribution is 2.34. The third kappa shape index (κ3) is 4.19. The molecule has 1 fully saturated rings. The highest BCUT2D eigenvalue weighted by atomic mass is 32.2. The van der Waals surface area contributed by atoms with E-state index in [4.69, 9.17) is 0 Å². The van der Waals surface area contributed by atoms with Crippen LogP contribution in [0, 0.1) is 5.92 Å². The molecule has 0 bridgehead atoms. The first-order valence-corrected chi connectivity index (χ1v) is 9.82. The molecule has 0 atom stereocenters. The maximum Gasteiger partial charge on any atom is 0.329 e. The second-order valence-electron chi connectivity index (χ2n) is 6.42. The number of rotatable bonds is 6. The van der Waals surface area contributed by atoms with Gasteiger partial charge >= 0.3 is 5.97 Å². The van der Waals surface area contributed by atoms with Crippen LogP contribution in [-0.4, -0.2) is 38.0 Å². The SMILES string of the molecule is CCC1CCC(NC(=O)c2ccc(S(=O)(=O)NC)cc2)(C(=O)O)CC1. The molecule has 0 aliphatic heterocycles. The molecule has 1 aromatic rings. The van der Waals surface area contributed by atoms with Crippen molar-refractivity contribution >= 4 is 21.9 Å². The van der Waals surface area contributed by atoms with Crippen LogP contribution in [0.4, 0.5) is 0 Å². The van der Waals surface area contributed by atoms with Crippen LogP contribution < -0.4 is 10.0 Å². The minimum absolute atomic E-state index is 0.0444. The molecule has 0 spiro atoms. The average Bonchev–Trinajstić information content (AvgIpc) is 2.62. The molecular weight excluding hydrogens is 344 g/mol. The maximum absolute atomic E-state index is 12.5. The van der Waals surface area contributed by atoms with Crippen molar-refractivity contribution in [2.45, 2.75) is 49.5 Å². The first-order chi connectivity index (χ1) is 11.7. The number of carbonyl (C=O) groups excluding carboxylic acids is 1. The summed E-state index contributed by atoms with van der Waals surface area (Å²) < 4.78 is 25.6. The summed E-state index contributed by atoms with van der Waals surface area (Å²) in [6.07, 6.45) is 3.34. The van der Waals surface area contributed by atoms with Crippen molar-refractivity contribution in [1.82, 2.24) is 10.0 Å². The van der Waals surface area contributed by atoms with E-state index >= 15 is 0 Å². The van der Waals surface area contributed by atoms with E-state index in [1.54, 1.807) is 0 Å². The van der Waals surface area contributed by atoms with E-state index in [1.165, 1.54) is 31.3 Å². The summed E-state index contributed by atoms with van der Waals surface area (Å²) in [6.45, 7) is 2.08. The van der Waals surface area contributed by atoms with E-state index in [9.17, 15) is 23.1 Å². The van der Waals surface area contributed by atoms with Crippen LogP contribution in [0.5, 0.6) is 0 Å².